The molecule has 0 spiro atoms. The van der Waals surface area contributed by atoms with Crippen LogP contribution in [-0.2, 0) is 0 Å². The fraction of sp³-hybridized carbons (Fsp3) is 0. The molecule has 0 amide bonds. The van der Waals surface area contributed by atoms with Crippen LogP contribution in [0.2, 0.25) is 0 Å². The quantitative estimate of drug-likeness (QED) is 0.641. The average Bonchev–Trinajstić information content (AvgIpc) is 2.36. The fourth-order valence-corrected chi connectivity index (χ4v) is 1.26. The number of halogens is 1. The number of nitrogens with zero attached hydrogens (tertiary/aromatic N) is 3. The second-order valence-corrected chi connectivity index (χ2v) is 2.77. The van der Waals surface area contributed by atoms with Crippen molar-refractivity contribution in [1.82, 2.24) is 14.8 Å². The van der Waals surface area contributed by atoms with Crippen LogP contribution in [0.4, 0.5) is 0 Å². The Morgan fingerprint density at radius 3 is 3.20 bits per heavy atom. The lowest BCUT2D eigenvalue weighted by atomic mass is 10.4. The van der Waals surface area contributed by atoms with Crippen LogP contribution in [0.25, 0.3) is 5.52 Å². The van der Waals surface area contributed by atoms with E-state index in [9.17, 15) is 0 Å². The molecule has 10 heavy (non-hydrogen) atoms. The van der Waals surface area contributed by atoms with Gasteiger partial charge in [0, 0.05) is 10.7 Å². The van der Waals surface area contributed by atoms with Crippen LogP contribution in [-0.4, -0.2) is 14.8 Å². The molecule has 4 heteroatoms. The second-order valence-electron chi connectivity index (χ2n) is 1.92. The Morgan fingerprint density at radius 2 is 2.40 bits per heavy atom. The van der Waals surface area contributed by atoms with Gasteiger partial charge in [0.2, 0.25) is 0 Å². The molecule has 0 radical (unpaired) electrons. The standard InChI is InChI=1S/C6H4BrN3/c7-5-2-1-3-10-6(5)4-8-9-10/h1-4H. The molecular weight excluding hydrogens is 194 g/mol. The Kier molecular flexibility index (Phi) is 1.20. The van der Waals surface area contributed by atoms with Crippen LogP contribution < -0.4 is 0 Å². The van der Waals surface area contributed by atoms with E-state index in [-0.39, 0.29) is 0 Å². The normalized spacial score (nSPS) is 10.5. The minimum absolute atomic E-state index is 0.988. The molecule has 0 unspecified atom stereocenters. The van der Waals surface area contributed by atoms with Crippen molar-refractivity contribution in [3.05, 3.63) is 29.0 Å². The van der Waals surface area contributed by atoms with E-state index < -0.39 is 0 Å². The minimum atomic E-state index is 0.988. The summed E-state index contributed by atoms with van der Waals surface area (Å²) in [4.78, 5) is 0. The third-order valence-corrected chi connectivity index (χ3v) is 1.96. The first-order chi connectivity index (χ1) is 4.88. The van der Waals surface area contributed by atoms with Gasteiger partial charge in [-0.1, -0.05) is 5.21 Å². The molecule has 0 aromatic carbocycles. The zero-order valence-corrected chi connectivity index (χ0v) is 6.62. The summed E-state index contributed by atoms with van der Waals surface area (Å²) < 4.78 is 2.73. The van der Waals surface area contributed by atoms with E-state index in [1.807, 2.05) is 18.3 Å². The Hall–Kier alpha value is -0.900. The monoisotopic (exact) mass is 197 g/mol. The Bertz CT molecular complexity index is 355. The highest BCUT2D eigenvalue weighted by Crippen LogP contribution is 2.14. The molecule has 0 aliphatic rings. The second kappa shape index (κ2) is 2.05. The Labute approximate surface area is 65.8 Å². The van der Waals surface area contributed by atoms with Crippen molar-refractivity contribution in [3.8, 4) is 0 Å². The van der Waals surface area contributed by atoms with E-state index in [0.717, 1.165) is 9.99 Å². The Balaban J connectivity index is 2.95. The maximum atomic E-state index is 3.82. The van der Waals surface area contributed by atoms with Crippen LogP contribution in [0.3, 0.4) is 0 Å². The zero-order chi connectivity index (χ0) is 6.97. The minimum Gasteiger partial charge on any atom is -0.220 e. The van der Waals surface area contributed by atoms with Crippen LogP contribution in [0.15, 0.2) is 29.0 Å². The molecule has 2 rings (SSSR count). The summed E-state index contributed by atoms with van der Waals surface area (Å²) in [7, 11) is 0. The molecule has 50 valence electrons. The summed E-state index contributed by atoms with van der Waals surface area (Å²) in [6.45, 7) is 0. The molecule has 0 bridgehead atoms. The van der Waals surface area contributed by atoms with Gasteiger partial charge in [-0.25, -0.2) is 4.52 Å². The molecule has 0 N–H and O–H groups in total. The lowest BCUT2D eigenvalue weighted by Gasteiger charge is -1.90. The van der Waals surface area contributed by atoms with Gasteiger partial charge in [-0.15, -0.1) is 5.10 Å². The molecule has 2 heterocycles. The number of fused-ring (bicyclic) bond motifs is 1. The maximum absolute atomic E-state index is 3.82. The molecule has 2 aromatic rings. The van der Waals surface area contributed by atoms with Gasteiger partial charge in [-0.2, -0.15) is 0 Å². The summed E-state index contributed by atoms with van der Waals surface area (Å²) in [5, 5.41) is 7.56. The lowest BCUT2D eigenvalue weighted by Crippen LogP contribution is -1.84. The van der Waals surface area contributed by atoms with Crippen molar-refractivity contribution in [2.45, 2.75) is 0 Å². The predicted molar refractivity (Wildman–Crippen MR) is 40.7 cm³/mol. The number of hydrogen-bond acceptors (Lipinski definition) is 2. The number of rotatable bonds is 0. The SMILES string of the molecule is Brc1cccn2nncc12. The third-order valence-electron chi connectivity index (χ3n) is 1.29. The zero-order valence-electron chi connectivity index (χ0n) is 5.03. The largest absolute Gasteiger partial charge is 0.220 e. The van der Waals surface area contributed by atoms with E-state index in [1.54, 1.807) is 10.7 Å². The molecule has 0 saturated carbocycles. The highest BCUT2D eigenvalue weighted by molar-refractivity contribution is 9.10. The van der Waals surface area contributed by atoms with Crippen LogP contribution >= 0.6 is 15.9 Å². The van der Waals surface area contributed by atoms with E-state index in [0.29, 0.717) is 0 Å². The first kappa shape index (κ1) is 5.85. The molecule has 2 aromatic heterocycles. The number of pyridine rings is 1. The Morgan fingerprint density at radius 1 is 1.50 bits per heavy atom. The molecule has 0 fully saturated rings. The first-order valence-corrected chi connectivity index (χ1v) is 3.62. The smallest absolute Gasteiger partial charge is 0.101 e. The van der Waals surface area contributed by atoms with Gasteiger partial charge in [0.1, 0.15) is 5.52 Å². The van der Waals surface area contributed by atoms with Crippen molar-refractivity contribution in [1.29, 1.82) is 0 Å². The van der Waals surface area contributed by atoms with Gasteiger partial charge in [-0.3, -0.25) is 0 Å². The summed E-state index contributed by atoms with van der Waals surface area (Å²) in [5.74, 6) is 0. The summed E-state index contributed by atoms with van der Waals surface area (Å²) in [6, 6.07) is 3.87. The molecule has 0 aliphatic heterocycles. The van der Waals surface area contributed by atoms with Gasteiger partial charge in [0.25, 0.3) is 0 Å². The summed E-state index contributed by atoms with van der Waals surface area (Å²) in [6.07, 6.45) is 3.57. The van der Waals surface area contributed by atoms with Crippen molar-refractivity contribution >= 4 is 21.4 Å². The van der Waals surface area contributed by atoms with Gasteiger partial charge < -0.3 is 0 Å². The molecular formula is C6H4BrN3. The fourth-order valence-electron chi connectivity index (χ4n) is 0.819. The van der Waals surface area contributed by atoms with Crippen LogP contribution in [0, 0.1) is 0 Å². The molecule has 0 saturated heterocycles. The maximum Gasteiger partial charge on any atom is 0.101 e. The molecule has 0 aliphatic carbocycles. The van der Waals surface area contributed by atoms with E-state index in [4.69, 9.17) is 0 Å². The third kappa shape index (κ3) is 0.724. The van der Waals surface area contributed by atoms with Crippen molar-refractivity contribution in [2.75, 3.05) is 0 Å². The van der Waals surface area contributed by atoms with Crippen molar-refractivity contribution in [2.24, 2.45) is 0 Å². The highest BCUT2D eigenvalue weighted by Gasteiger charge is 1.96. The highest BCUT2D eigenvalue weighted by atomic mass is 79.9. The van der Waals surface area contributed by atoms with Crippen LogP contribution in [0.5, 0.6) is 0 Å². The van der Waals surface area contributed by atoms with Crippen molar-refractivity contribution in [3.63, 3.8) is 0 Å². The van der Waals surface area contributed by atoms with E-state index in [1.165, 1.54) is 0 Å². The first-order valence-electron chi connectivity index (χ1n) is 2.82. The van der Waals surface area contributed by atoms with Crippen molar-refractivity contribution < 1.29 is 0 Å². The molecule has 3 nitrogen and oxygen atoms in total. The average molecular weight is 198 g/mol. The van der Waals surface area contributed by atoms with E-state index in [2.05, 4.69) is 26.2 Å². The number of hydrogen-bond donors (Lipinski definition) is 0. The van der Waals surface area contributed by atoms with Gasteiger partial charge in [-0.05, 0) is 28.1 Å². The topological polar surface area (TPSA) is 30.2 Å². The number of aromatic nitrogens is 3. The summed E-state index contributed by atoms with van der Waals surface area (Å²) in [5.41, 5.74) is 0.988. The van der Waals surface area contributed by atoms with E-state index >= 15 is 0 Å². The van der Waals surface area contributed by atoms with Gasteiger partial charge in [0.15, 0.2) is 0 Å². The van der Waals surface area contributed by atoms with Gasteiger partial charge in [0.05, 0.1) is 6.20 Å². The lowest BCUT2D eigenvalue weighted by molar-refractivity contribution is 0.854. The predicted octanol–water partition coefficient (Wildman–Crippen LogP) is 1.49. The summed E-state index contributed by atoms with van der Waals surface area (Å²) >= 11 is 3.38. The van der Waals surface area contributed by atoms with Gasteiger partial charge >= 0.3 is 0 Å². The van der Waals surface area contributed by atoms with Crippen LogP contribution in [0.1, 0.15) is 0 Å². The molecule has 0 atom stereocenters.